The normalized spacial score (nSPS) is 17.9. The van der Waals surface area contributed by atoms with Gasteiger partial charge in [-0.2, -0.15) is 10.5 Å². The van der Waals surface area contributed by atoms with Crippen LogP contribution in [0, 0.1) is 22.7 Å². The maximum Gasteiger partial charge on any atom is 0.127 e. The van der Waals surface area contributed by atoms with Crippen LogP contribution in [-0.2, 0) is 0 Å². The molecule has 1 N–H and O–H groups in total. The molecule has 5 nitrogen and oxygen atoms in total. The van der Waals surface area contributed by atoms with Crippen LogP contribution in [0.2, 0.25) is 0 Å². The van der Waals surface area contributed by atoms with Gasteiger partial charge >= 0.3 is 0 Å². The maximum atomic E-state index is 10.5. The van der Waals surface area contributed by atoms with Gasteiger partial charge < -0.3 is 14.7 Å². The highest BCUT2D eigenvalue weighted by molar-refractivity contribution is 5.98. The number of benzene rings is 4. The Morgan fingerprint density at radius 2 is 1.41 bits per heavy atom. The van der Waals surface area contributed by atoms with Crippen molar-refractivity contribution in [2.75, 3.05) is 18.1 Å². The molecule has 0 amide bonds. The number of hydrogen-bond acceptors (Lipinski definition) is 5. The van der Waals surface area contributed by atoms with Crippen LogP contribution in [0.15, 0.2) is 72.8 Å². The number of aliphatic hydroxyl groups is 1. The van der Waals surface area contributed by atoms with E-state index in [1.54, 1.807) is 6.07 Å². The van der Waals surface area contributed by atoms with Crippen molar-refractivity contribution in [1.29, 1.82) is 10.5 Å². The summed E-state index contributed by atoms with van der Waals surface area (Å²) in [4.78, 5) is 2.18. The van der Waals surface area contributed by atoms with E-state index in [4.69, 9.17) is 4.74 Å². The summed E-state index contributed by atoms with van der Waals surface area (Å²) in [6.07, 6.45) is 0.151. The van der Waals surface area contributed by atoms with Gasteiger partial charge in [0.25, 0.3) is 0 Å². The monoisotopic (exact) mass is 419 g/mol. The Hall–Kier alpha value is -4.06. The number of anilines is 1. The predicted molar refractivity (Wildman–Crippen MR) is 125 cm³/mol. The third-order valence-corrected chi connectivity index (χ3v) is 6.16. The lowest BCUT2D eigenvalue weighted by atomic mass is 10.0. The Morgan fingerprint density at radius 1 is 0.812 bits per heavy atom. The SMILES string of the molecule is N#Cc1ccc(OC[C@H]2C[C@@H](O)CN2c2ccc(C#N)c3ccccc23)c2ccccc12. The first-order chi connectivity index (χ1) is 15.7. The minimum Gasteiger partial charge on any atom is -0.491 e. The zero-order valence-corrected chi connectivity index (χ0v) is 17.4. The molecule has 0 radical (unpaired) electrons. The predicted octanol–water partition coefficient (Wildman–Crippen LogP) is 4.75. The van der Waals surface area contributed by atoms with E-state index in [2.05, 4.69) is 17.0 Å². The van der Waals surface area contributed by atoms with Crippen LogP contribution < -0.4 is 9.64 Å². The summed E-state index contributed by atoms with van der Waals surface area (Å²) in [6.45, 7) is 0.916. The molecule has 0 bridgehead atoms. The van der Waals surface area contributed by atoms with Crippen LogP contribution in [-0.4, -0.2) is 30.4 Å². The first kappa shape index (κ1) is 19.9. The largest absolute Gasteiger partial charge is 0.491 e. The number of rotatable bonds is 4. The number of nitriles is 2. The third kappa shape index (κ3) is 3.39. The highest BCUT2D eigenvalue weighted by Crippen LogP contribution is 2.35. The van der Waals surface area contributed by atoms with Gasteiger partial charge in [-0.1, -0.05) is 48.5 Å². The lowest BCUT2D eigenvalue weighted by Crippen LogP contribution is -2.34. The molecule has 1 fully saturated rings. The number of aliphatic hydroxyl groups excluding tert-OH is 1. The molecule has 1 aliphatic rings. The van der Waals surface area contributed by atoms with Gasteiger partial charge in [0.15, 0.2) is 0 Å². The second kappa shape index (κ2) is 8.23. The number of nitrogens with zero attached hydrogens (tertiary/aromatic N) is 3. The molecular weight excluding hydrogens is 398 g/mol. The van der Waals surface area contributed by atoms with Crippen LogP contribution in [0.1, 0.15) is 17.5 Å². The van der Waals surface area contributed by atoms with Crippen molar-refractivity contribution in [2.24, 2.45) is 0 Å². The van der Waals surface area contributed by atoms with Gasteiger partial charge in [-0.3, -0.25) is 0 Å². The van der Waals surface area contributed by atoms with Crippen molar-refractivity contribution in [2.45, 2.75) is 18.6 Å². The summed E-state index contributed by atoms with van der Waals surface area (Å²) >= 11 is 0. The van der Waals surface area contributed by atoms with Gasteiger partial charge in [0.1, 0.15) is 12.4 Å². The zero-order valence-electron chi connectivity index (χ0n) is 17.4. The molecule has 1 aliphatic heterocycles. The minimum absolute atomic E-state index is 0.0178. The van der Waals surface area contributed by atoms with Crippen molar-refractivity contribution in [3.05, 3.63) is 83.9 Å². The van der Waals surface area contributed by atoms with E-state index in [1.807, 2.05) is 66.7 Å². The molecule has 5 rings (SSSR count). The van der Waals surface area contributed by atoms with Crippen molar-refractivity contribution >= 4 is 27.2 Å². The molecule has 0 aliphatic carbocycles. The van der Waals surface area contributed by atoms with Crippen LogP contribution in [0.25, 0.3) is 21.5 Å². The number of β-amino-alcohol motifs (C(OH)–C–C–N with tert-alkyl or cyclic N) is 1. The van der Waals surface area contributed by atoms with E-state index in [0.29, 0.717) is 30.7 Å². The number of ether oxygens (including phenoxy) is 1. The lowest BCUT2D eigenvalue weighted by Gasteiger charge is -2.28. The van der Waals surface area contributed by atoms with Crippen molar-refractivity contribution in [3.8, 4) is 17.9 Å². The zero-order chi connectivity index (χ0) is 22.1. The van der Waals surface area contributed by atoms with E-state index in [9.17, 15) is 15.6 Å². The molecule has 0 aromatic heterocycles. The first-order valence-corrected chi connectivity index (χ1v) is 10.6. The van der Waals surface area contributed by atoms with Gasteiger partial charge in [0.2, 0.25) is 0 Å². The molecule has 0 saturated carbocycles. The van der Waals surface area contributed by atoms with Gasteiger partial charge in [-0.25, -0.2) is 0 Å². The van der Waals surface area contributed by atoms with Crippen molar-refractivity contribution in [3.63, 3.8) is 0 Å². The minimum atomic E-state index is -0.448. The Kier molecular flexibility index (Phi) is 5.11. The molecule has 2 atom stereocenters. The third-order valence-electron chi connectivity index (χ3n) is 6.16. The van der Waals surface area contributed by atoms with Crippen LogP contribution in [0.3, 0.4) is 0 Å². The van der Waals surface area contributed by atoms with Gasteiger partial charge in [0.05, 0.1) is 35.4 Å². The molecule has 32 heavy (non-hydrogen) atoms. The van der Waals surface area contributed by atoms with E-state index in [1.165, 1.54) is 0 Å². The van der Waals surface area contributed by atoms with E-state index < -0.39 is 6.10 Å². The standard InChI is InChI=1S/C27H21N3O2/c28-14-18-9-11-26(24-7-3-1-5-22(18)24)30-16-21(31)13-20(30)17-32-27-12-10-19(15-29)23-6-2-4-8-25(23)27/h1-12,20-21,31H,13,16-17H2/t20-,21-/m1/s1. The Morgan fingerprint density at radius 3 is 2.09 bits per heavy atom. The molecular formula is C27H21N3O2. The molecule has 5 heteroatoms. The van der Waals surface area contributed by atoms with E-state index in [-0.39, 0.29) is 6.04 Å². The average Bonchev–Trinajstić information content (AvgIpc) is 3.21. The van der Waals surface area contributed by atoms with Crippen molar-refractivity contribution < 1.29 is 9.84 Å². The summed E-state index contributed by atoms with van der Waals surface area (Å²) in [6, 6.07) is 27.5. The highest BCUT2D eigenvalue weighted by atomic mass is 16.5. The van der Waals surface area contributed by atoms with E-state index in [0.717, 1.165) is 33.0 Å². The molecule has 0 unspecified atom stereocenters. The summed E-state index contributed by atoms with van der Waals surface area (Å²) in [5.41, 5.74) is 2.25. The van der Waals surface area contributed by atoms with E-state index >= 15 is 0 Å². The van der Waals surface area contributed by atoms with Gasteiger partial charge in [0, 0.05) is 33.8 Å². The van der Waals surface area contributed by atoms with Crippen LogP contribution in [0.5, 0.6) is 5.75 Å². The summed E-state index contributed by atoms with van der Waals surface area (Å²) in [5.74, 6) is 0.727. The molecule has 1 saturated heterocycles. The lowest BCUT2D eigenvalue weighted by molar-refractivity contribution is 0.187. The second-order valence-electron chi connectivity index (χ2n) is 8.06. The van der Waals surface area contributed by atoms with Gasteiger partial charge in [-0.15, -0.1) is 0 Å². The first-order valence-electron chi connectivity index (χ1n) is 10.6. The Bertz CT molecular complexity index is 1400. The molecule has 1 heterocycles. The fourth-order valence-electron chi connectivity index (χ4n) is 4.66. The Labute approximate surface area is 186 Å². The Balaban J connectivity index is 1.47. The smallest absolute Gasteiger partial charge is 0.127 e. The highest BCUT2D eigenvalue weighted by Gasteiger charge is 2.32. The number of fused-ring (bicyclic) bond motifs is 2. The maximum absolute atomic E-state index is 10.5. The molecule has 4 aromatic carbocycles. The fraction of sp³-hybridized carbons (Fsp3) is 0.185. The topological polar surface area (TPSA) is 80.3 Å². The number of hydrogen-bond donors (Lipinski definition) is 1. The molecule has 0 spiro atoms. The quantitative estimate of drug-likeness (QED) is 0.516. The summed E-state index contributed by atoms with van der Waals surface area (Å²) in [7, 11) is 0. The van der Waals surface area contributed by atoms with Crippen molar-refractivity contribution in [1.82, 2.24) is 0 Å². The van der Waals surface area contributed by atoms with Gasteiger partial charge in [-0.05, 0) is 30.7 Å². The summed E-state index contributed by atoms with van der Waals surface area (Å²) < 4.78 is 6.25. The molecule has 156 valence electrons. The van der Waals surface area contributed by atoms with Crippen LogP contribution >= 0.6 is 0 Å². The second-order valence-corrected chi connectivity index (χ2v) is 8.06. The summed E-state index contributed by atoms with van der Waals surface area (Å²) in [5, 5.41) is 33.0. The molecule has 4 aromatic rings. The van der Waals surface area contributed by atoms with Crippen LogP contribution in [0.4, 0.5) is 5.69 Å². The fourth-order valence-corrected chi connectivity index (χ4v) is 4.66. The average molecular weight is 419 g/mol.